The number of nitrogens with zero attached hydrogens (tertiary/aromatic N) is 1. The highest BCUT2D eigenvalue weighted by atomic mass is 35.5. The second kappa shape index (κ2) is 3.96. The highest BCUT2D eigenvalue weighted by Crippen LogP contribution is 2.33. The predicted octanol–water partition coefficient (Wildman–Crippen LogP) is 4.26. The van der Waals surface area contributed by atoms with Gasteiger partial charge in [-0.1, -0.05) is 11.6 Å². The Morgan fingerprint density at radius 2 is 2.15 bits per heavy atom. The molecule has 0 atom stereocenters. The van der Waals surface area contributed by atoms with Gasteiger partial charge in [-0.3, -0.25) is 0 Å². The number of thiophene rings is 1. The first-order valence-corrected chi connectivity index (χ1v) is 6.10. The molecular weight excluding hydrogens is 245 g/mol. The van der Waals surface area contributed by atoms with Crippen molar-refractivity contribution in [2.75, 3.05) is 0 Å². The van der Waals surface area contributed by atoms with E-state index in [2.05, 4.69) is 4.98 Å². The minimum atomic E-state index is 0.525. The summed E-state index contributed by atoms with van der Waals surface area (Å²) in [6.45, 7) is 0. The van der Waals surface area contributed by atoms with E-state index < -0.39 is 0 Å². The van der Waals surface area contributed by atoms with E-state index in [9.17, 15) is 0 Å². The van der Waals surface area contributed by atoms with Crippen molar-refractivity contribution in [1.82, 2.24) is 4.98 Å². The molecule has 68 valence electrons. The first kappa shape index (κ1) is 9.46. The average molecular weight is 250 g/mol. The Hall–Kier alpha value is -0.0900. The molecule has 0 aromatic carbocycles. The summed E-state index contributed by atoms with van der Waals surface area (Å²) in [5.74, 6) is 0.525. The number of hydrogen-bond donors (Lipinski definition) is 0. The maximum atomic E-state index is 5.82. The molecular formula is C8H5Cl2NS2. The molecule has 0 amide bonds. The van der Waals surface area contributed by atoms with Crippen molar-refractivity contribution in [3.05, 3.63) is 27.5 Å². The molecule has 2 aromatic rings. The molecule has 0 N–H and O–H groups in total. The fourth-order valence-corrected chi connectivity index (χ4v) is 3.01. The SMILES string of the molecule is ClCc1cnc(-c2ccc(Cl)s2)s1. The van der Waals surface area contributed by atoms with E-state index in [0.29, 0.717) is 5.88 Å². The normalized spacial score (nSPS) is 10.6. The Morgan fingerprint density at radius 3 is 2.69 bits per heavy atom. The highest BCUT2D eigenvalue weighted by Gasteiger charge is 2.06. The maximum absolute atomic E-state index is 5.82. The topological polar surface area (TPSA) is 12.9 Å². The van der Waals surface area contributed by atoms with Crippen LogP contribution in [-0.2, 0) is 5.88 Å². The van der Waals surface area contributed by atoms with Crippen LogP contribution < -0.4 is 0 Å². The van der Waals surface area contributed by atoms with Crippen molar-refractivity contribution in [2.24, 2.45) is 0 Å². The van der Waals surface area contributed by atoms with Gasteiger partial charge in [-0.05, 0) is 12.1 Å². The summed E-state index contributed by atoms with van der Waals surface area (Å²) >= 11 is 14.6. The smallest absolute Gasteiger partial charge is 0.133 e. The number of aromatic nitrogens is 1. The molecule has 0 aliphatic carbocycles. The van der Waals surface area contributed by atoms with Crippen LogP contribution in [0.2, 0.25) is 4.34 Å². The van der Waals surface area contributed by atoms with Gasteiger partial charge >= 0.3 is 0 Å². The van der Waals surface area contributed by atoms with Gasteiger partial charge in [-0.2, -0.15) is 0 Å². The van der Waals surface area contributed by atoms with Crippen LogP contribution in [0.25, 0.3) is 9.88 Å². The summed E-state index contributed by atoms with van der Waals surface area (Å²) in [5.41, 5.74) is 0. The molecule has 0 aliphatic rings. The molecule has 0 radical (unpaired) electrons. The lowest BCUT2D eigenvalue weighted by atomic mass is 10.5. The number of alkyl halides is 1. The fourth-order valence-electron chi connectivity index (χ4n) is 0.912. The van der Waals surface area contributed by atoms with Gasteiger partial charge in [0, 0.05) is 11.1 Å². The second-order valence-electron chi connectivity index (χ2n) is 2.37. The first-order valence-electron chi connectivity index (χ1n) is 3.56. The van der Waals surface area contributed by atoms with E-state index in [0.717, 1.165) is 19.1 Å². The van der Waals surface area contributed by atoms with Gasteiger partial charge in [-0.25, -0.2) is 4.98 Å². The van der Waals surface area contributed by atoms with Crippen LogP contribution in [0.1, 0.15) is 4.88 Å². The molecule has 0 aliphatic heterocycles. The standard InChI is InChI=1S/C8H5Cl2NS2/c9-3-5-4-11-8(12-5)6-1-2-7(10)13-6/h1-2,4H,3H2. The van der Waals surface area contributed by atoms with Crippen LogP contribution in [0.4, 0.5) is 0 Å². The van der Waals surface area contributed by atoms with Crippen molar-refractivity contribution in [3.8, 4) is 9.88 Å². The van der Waals surface area contributed by atoms with E-state index in [1.807, 2.05) is 12.1 Å². The second-order valence-corrected chi connectivity index (χ2v) is 5.47. The highest BCUT2D eigenvalue weighted by molar-refractivity contribution is 7.23. The van der Waals surface area contributed by atoms with Crippen LogP contribution in [0.15, 0.2) is 18.3 Å². The van der Waals surface area contributed by atoms with Crippen molar-refractivity contribution >= 4 is 45.9 Å². The molecule has 2 rings (SSSR count). The summed E-state index contributed by atoms with van der Waals surface area (Å²) in [6, 6.07) is 3.85. The third kappa shape index (κ3) is 2.05. The maximum Gasteiger partial charge on any atom is 0.133 e. The Bertz CT molecular complexity index is 408. The minimum absolute atomic E-state index is 0.525. The zero-order valence-corrected chi connectivity index (χ0v) is 9.60. The van der Waals surface area contributed by atoms with Crippen LogP contribution in [0.5, 0.6) is 0 Å². The zero-order valence-electron chi connectivity index (χ0n) is 6.46. The van der Waals surface area contributed by atoms with Crippen LogP contribution in [-0.4, -0.2) is 4.98 Å². The zero-order chi connectivity index (χ0) is 9.26. The van der Waals surface area contributed by atoms with Gasteiger partial charge in [0.1, 0.15) is 5.01 Å². The first-order chi connectivity index (χ1) is 6.29. The van der Waals surface area contributed by atoms with Gasteiger partial charge in [0.05, 0.1) is 15.1 Å². The Morgan fingerprint density at radius 1 is 1.31 bits per heavy atom. The van der Waals surface area contributed by atoms with Crippen molar-refractivity contribution in [1.29, 1.82) is 0 Å². The molecule has 0 spiro atoms. The summed E-state index contributed by atoms with van der Waals surface area (Å²) in [6.07, 6.45) is 1.81. The van der Waals surface area contributed by atoms with Gasteiger partial charge in [0.25, 0.3) is 0 Å². The lowest BCUT2D eigenvalue weighted by Gasteiger charge is -1.85. The number of halogens is 2. The predicted molar refractivity (Wildman–Crippen MR) is 60.0 cm³/mol. The number of rotatable bonds is 2. The van der Waals surface area contributed by atoms with Crippen LogP contribution in [0, 0.1) is 0 Å². The Labute approximate surface area is 94.0 Å². The molecule has 2 heterocycles. The Kier molecular flexibility index (Phi) is 2.89. The van der Waals surface area contributed by atoms with E-state index in [-0.39, 0.29) is 0 Å². The average Bonchev–Trinajstić information content (AvgIpc) is 2.71. The summed E-state index contributed by atoms with van der Waals surface area (Å²) in [4.78, 5) is 6.44. The van der Waals surface area contributed by atoms with Crippen molar-refractivity contribution < 1.29 is 0 Å². The lowest BCUT2D eigenvalue weighted by Crippen LogP contribution is -1.63. The lowest BCUT2D eigenvalue weighted by molar-refractivity contribution is 1.37. The van der Waals surface area contributed by atoms with E-state index in [4.69, 9.17) is 23.2 Å². The van der Waals surface area contributed by atoms with Gasteiger partial charge in [-0.15, -0.1) is 34.3 Å². The largest absolute Gasteiger partial charge is 0.243 e. The number of hydrogen-bond acceptors (Lipinski definition) is 3. The van der Waals surface area contributed by atoms with Gasteiger partial charge in [0.2, 0.25) is 0 Å². The molecule has 0 saturated heterocycles. The van der Waals surface area contributed by atoms with E-state index in [1.54, 1.807) is 17.5 Å². The van der Waals surface area contributed by atoms with Crippen LogP contribution >= 0.6 is 45.9 Å². The third-order valence-corrected chi connectivity index (χ3v) is 4.31. The molecule has 5 heteroatoms. The van der Waals surface area contributed by atoms with Crippen molar-refractivity contribution in [3.63, 3.8) is 0 Å². The molecule has 13 heavy (non-hydrogen) atoms. The summed E-state index contributed by atoms with van der Waals surface area (Å²) in [5, 5.41) is 0.993. The van der Waals surface area contributed by atoms with Crippen LogP contribution in [0.3, 0.4) is 0 Å². The quantitative estimate of drug-likeness (QED) is 0.725. The van der Waals surface area contributed by atoms with Crippen molar-refractivity contribution in [2.45, 2.75) is 5.88 Å². The molecule has 0 fully saturated rings. The van der Waals surface area contributed by atoms with Gasteiger partial charge < -0.3 is 0 Å². The van der Waals surface area contributed by atoms with E-state index in [1.165, 1.54) is 11.3 Å². The molecule has 0 saturated carbocycles. The molecule has 0 bridgehead atoms. The minimum Gasteiger partial charge on any atom is -0.243 e. The monoisotopic (exact) mass is 249 g/mol. The molecule has 2 aromatic heterocycles. The van der Waals surface area contributed by atoms with E-state index >= 15 is 0 Å². The fraction of sp³-hybridized carbons (Fsp3) is 0.125. The Balaban J connectivity index is 2.35. The number of thiazole rings is 1. The molecule has 0 unspecified atom stereocenters. The summed E-state index contributed by atoms with van der Waals surface area (Å²) in [7, 11) is 0. The third-order valence-electron chi connectivity index (χ3n) is 1.47. The molecule has 1 nitrogen and oxygen atoms in total. The van der Waals surface area contributed by atoms with Gasteiger partial charge in [0.15, 0.2) is 0 Å². The summed E-state index contributed by atoms with van der Waals surface area (Å²) < 4.78 is 0.789.